The average molecular weight is 498 g/mol. The van der Waals surface area contributed by atoms with Gasteiger partial charge in [0.05, 0.1) is 36.1 Å². The number of hydrogen-bond acceptors (Lipinski definition) is 4. The second kappa shape index (κ2) is 10.7. The third-order valence-corrected chi connectivity index (χ3v) is 5.93. The molecule has 0 fully saturated rings. The van der Waals surface area contributed by atoms with Gasteiger partial charge in [-0.3, -0.25) is 9.80 Å². The van der Waals surface area contributed by atoms with Gasteiger partial charge in [-0.1, -0.05) is 47.5 Å². The first-order chi connectivity index (χ1) is 16.4. The van der Waals surface area contributed by atoms with Gasteiger partial charge in [0.1, 0.15) is 11.6 Å². The smallest absolute Gasteiger partial charge is 0.244 e. The van der Waals surface area contributed by atoms with Gasteiger partial charge in [0.15, 0.2) is 0 Å². The molecule has 1 amide bonds. The van der Waals surface area contributed by atoms with E-state index in [0.29, 0.717) is 16.5 Å². The monoisotopic (exact) mass is 497 g/mol. The van der Waals surface area contributed by atoms with Gasteiger partial charge in [0.2, 0.25) is 5.91 Å². The first kappa shape index (κ1) is 23.8. The number of carbonyl (C=O) groups excluding carboxylic acids is 1. The molecule has 1 N–H and O–H groups in total. The molecule has 0 saturated carbocycles. The second-order valence-electron chi connectivity index (χ2n) is 7.70. The van der Waals surface area contributed by atoms with Crippen LogP contribution < -0.4 is 15.1 Å². The largest absolute Gasteiger partial charge is 0.497 e. The van der Waals surface area contributed by atoms with Crippen LogP contribution in [-0.4, -0.2) is 25.3 Å². The molecule has 0 saturated heterocycles. The molecule has 1 aliphatic rings. The Hall–Kier alpha value is -3.35. The lowest BCUT2D eigenvalue weighted by molar-refractivity contribution is -0.116. The minimum atomic E-state index is -0.322. The highest BCUT2D eigenvalue weighted by Gasteiger charge is 2.30. The number of benzene rings is 3. The molecule has 0 spiro atoms. The molecule has 1 unspecified atom stereocenters. The topological polar surface area (TPSA) is 53.9 Å². The summed E-state index contributed by atoms with van der Waals surface area (Å²) in [5.41, 5.74) is 3.30. The van der Waals surface area contributed by atoms with Gasteiger partial charge in [-0.2, -0.15) is 5.10 Å². The van der Waals surface area contributed by atoms with Crippen LogP contribution in [0.2, 0.25) is 10.0 Å². The average Bonchev–Trinajstić information content (AvgIpc) is 3.26. The lowest BCUT2D eigenvalue weighted by Gasteiger charge is -2.25. The fraction of sp³-hybridized carbons (Fsp3) is 0.154. The van der Waals surface area contributed by atoms with Gasteiger partial charge in [-0.15, -0.1) is 0 Å². The lowest BCUT2D eigenvalue weighted by Crippen LogP contribution is -2.27. The molecule has 0 bridgehead atoms. The van der Waals surface area contributed by atoms with Crippen LogP contribution >= 0.6 is 23.2 Å². The SMILES string of the molecule is COc1ccc(C2CC(CNC(=O)/C=C/c3ccc(F)cc3)=NN2c2ccc(Cl)cc2Cl)cc1. The van der Waals surface area contributed by atoms with Crippen LogP contribution in [0.4, 0.5) is 10.1 Å². The highest BCUT2D eigenvalue weighted by atomic mass is 35.5. The minimum Gasteiger partial charge on any atom is -0.497 e. The minimum absolute atomic E-state index is 0.105. The van der Waals surface area contributed by atoms with Crippen LogP contribution in [0.15, 0.2) is 77.9 Å². The Kier molecular flexibility index (Phi) is 7.50. The third kappa shape index (κ3) is 5.76. The second-order valence-corrected chi connectivity index (χ2v) is 8.55. The van der Waals surface area contributed by atoms with Crippen molar-refractivity contribution < 1.29 is 13.9 Å². The van der Waals surface area contributed by atoms with Crippen molar-refractivity contribution in [3.8, 4) is 5.75 Å². The van der Waals surface area contributed by atoms with Gasteiger partial charge < -0.3 is 10.1 Å². The quantitative estimate of drug-likeness (QED) is 0.391. The van der Waals surface area contributed by atoms with Gasteiger partial charge in [0.25, 0.3) is 0 Å². The molecular weight excluding hydrogens is 476 g/mol. The van der Waals surface area contributed by atoms with Crippen molar-refractivity contribution in [3.63, 3.8) is 0 Å². The van der Waals surface area contributed by atoms with E-state index < -0.39 is 0 Å². The molecule has 0 aliphatic carbocycles. The Labute approximate surface area is 207 Å². The number of nitrogens with zero attached hydrogens (tertiary/aromatic N) is 2. The summed E-state index contributed by atoms with van der Waals surface area (Å²) in [6, 6.07) is 18.9. The third-order valence-electron chi connectivity index (χ3n) is 5.39. The van der Waals surface area contributed by atoms with Gasteiger partial charge in [0, 0.05) is 17.5 Å². The first-order valence-electron chi connectivity index (χ1n) is 10.6. The van der Waals surface area contributed by atoms with E-state index in [0.717, 1.165) is 28.3 Å². The molecule has 3 aromatic rings. The zero-order chi connectivity index (χ0) is 24.1. The number of ether oxygens (including phenoxy) is 1. The number of methoxy groups -OCH3 is 1. The molecule has 174 valence electrons. The van der Waals surface area contributed by atoms with Crippen molar-refractivity contribution in [3.05, 3.63) is 99.8 Å². The molecule has 5 nitrogen and oxygen atoms in total. The summed E-state index contributed by atoms with van der Waals surface area (Å²) in [4.78, 5) is 12.3. The van der Waals surface area contributed by atoms with E-state index in [1.807, 2.05) is 35.3 Å². The van der Waals surface area contributed by atoms with Crippen LogP contribution in [0.3, 0.4) is 0 Å². The summed E-state index contributed by atoms with van der Waals surface area (Å²) >= 11 is 12.6. The van der Waals surface area contributed by atoms with Crippen molar-refractivity contribution in [1.29, 1.82) is 0 Å². The van der Waals surface area contributed by atoms with E-state index in [9.17, 15) is 9.18 Å². The van der Waals surface area contributed by atoms with Crippen molar-refractivity contribution in [2.24, 2.45) is 5.10 Å². The summed E-state index contributed by atoms with van der Waals surface area (Å²) in [6.45, 7) is 0.279. The van der Waals surface area contributed by atoms with Crippen LogP contribution in [0.1, 0.15) is 23.6 Å². The zero-order valence-electron chi connectivity index (χ0n) is 18.3. The summed E-state index contributed by atoms with van der Waals surface area (Å²) in [5, 5.41) is 10.5. The number of hydrogen-bond donors (Lipinski definition) is 1. The molecule has 0 radical (unpaired) electrons. The molecule has 1 atom stereocenters. The van der Waals surface area contributed by atoms with Gasteiger partial charge in [-0.25, -0.2) is 4.39 Å². The molecule has 0 aromatic heterocycles. The Morgan fingerprint density at radius 3 is 2.56 bits per heavy atom. The zero-order valence-corrected chi connectivity index (χ0v) is 19.9. The molecular formula is C26H22Cl2FN3O2. The fourth-order valence-electron chi connectivity index (χ4n) is 3.65. The van der Waals surface area contributed by atoms with Crippen molar-refractivity contribution in [2.45, 2.75) is 12.5 Å². The summed E-state index contributed by atoms with van der Waals surface area (Å²) < 4.78 is 18.3. The van der Waals surface area contributed by atoms with E-state index in [1.54, 1.807) is 37.5 Å². The summed E-state index contributed by atoms with van der Waals surface area (Å²) in [5.74, 6) is 0.174. The summed E-state index contributed by atoms with van der Waals surface area (Å²) in [7, 11) is 1.62. The molecule has 1 heterocycles. The number of anilines is 1. The number of rotatable bonds is 7. The normalized spacial score (nSPS) is 15.5. The van der Waals surface area contributed by atoms with Gasteiger partial charge in [-0.05, 0) is 59.7 Å². The maximum atomic E-state index is 13.0. The maximum Gasteiger partial charge on any atom is 0.244 e. The summed E-state index contributed by atoms with van der Waals surface area (Å²) in [6.07, 6.45) is 3.65. The van der Waals surface area contributed by atoms with E-state index in [4.69, 9.17) is 33.0 Å². The van der Waals surface area contributed by atoms with Crippen LogP contribution in [-0.2, 0) is 4.79 Å². The lowest BCUT2D eigenvalue weighted by atomic mass is 10.0. The van der Waals surface area contributed by atoms with Crippen molar-refractivity contribution >= 4 is 46.6 Å². The molecule has 3 aromatic carbocycles. The van der Waals surface area contributed by atoms with E-state index in [-0.39, 0.29) is 24.3 Å². The Balaban J connectivity index is 1.50. The van der Waals surface area contributed by atoms with Crippen molar-refractivity contribution in [1.82, 2.24) is 5.32 Å². The van der Waals surface area contributed by atoms with Crippen LogP contribution in [0.25, 0.3) is 6.08 Å². The Morgan fingerprint density at radius 2 is 1.88 bits per heavy atom. The standard InChI is InChI=1S/C26H22Cl2FN3O2/c1-34-22-10-5-18(6-11-22)25-15-21(31-32(25)24-12-7-19(27)14-23(24)28)16-30-26(33)13-4-17-2-8-20(29)9-3-17/h2-14,25H,15-16H2,1H3,(H,30,33)/b13-4+. The Bertz CT molecular complexity index is 1230. The van der Waals surface area contributed by atoms with Crippen LogP contribution in [0, 0.1) is 5.82 Å². The number of halogens is 3. The number of carbonyl (C=O) groups is 1. The molecule has 4 rings (SSSR count). The molecule has 1 aliphatic heterocycles. The van der Waals surface area contributed by atoms with Gasteiger partial charge >= 0.3 is 0 Å². The predicted octanol–water partition coefficient (Wildman–Crippen LogP) is 6.28. The first-order valence-corrected chi connectivity index (χ1v) is 11.3. The van der Waals surface area contributed by atoms with Crippen LogP contribution in [0.5, 0.6) is 5.75 Å². The molecule has 34 heavy (non-hydrogen) atoms. The number of nitrogens with one attached hydrogen (secondary N) is 1. The van der Waals surface area contributed by atoms with Crippen molar-refractivity contribution in [2.75, 3.05) is 18.7 Å². The maximum absolute atomic E-state index is 13.0. The highest BCUT2D eigenvalue weighted by Crippen LogP contribution is 2.39. The number of hydrazone groups is 1. The van der Waals surface area contributed by atoms with E-state index in [2.05, 4.69) is 5.32 Å². The number of amides is 1. The van der Waals surface area contributed by atoms with E-state index in [1.165, 1.54) is 18.2 Å². The molecule has 8 heteroatoms. The Morgan fingerprint density at radius 1 is 1.15 bits per heavy atom. The fourth-order valence-corrected chi connectivity index (χ4v) is 4.14. The predicted molar refractivity (Wildman–Crippen MR) is 135 cm³/mol. The van der Waals surface area contributed by atoms with E-state index >= 15 is 0 Å². The highest BCUT2D eigenvalue weighted by molar-refractivity contribution is 6.36.